The lowest BCUT2D eigenvalue weighted by molar-refractivity contribution is -0.152. The third-order valence-corrected chi connectivity index (χ3v) is 5.23. The Labute approximate surface area is 187 Å². The highest BCUT2D eigenvalue weighted by Crippen LogP contribution is 2.31. The maximum absolute atomic E-state index is 13.4. The van der Waals surface area contributed by atoms with Gasteiger partial charge >= 0.3 is 12.1 Å². The van der Waals surface area contributed by atoms with Crippen LogP contribution in [-0.2, 0) is 27.0 Å². The molecule has 0 aliphatic heterocycles. The van der Waals surface area contributed by atoms with Crippen molar-refractivity contribution in [2.45, 2.75) is 19.6 Å². The fourth-order valence-electron chi connectivity index (χ4n) is 3.77. The number of amides is 1. The van der Waals surface area contributed by atoms with Gasteiger partial charge in [0.15, 0.2) is 6.61 Å². The molecule has 1 aromatic heterocycles. The second-order valence-corrected chi connectivity index (χ2v) is 7.30. The summed E-state index contributed by atoms with van der Waals surface area (Å²) in [6.45, 7) is 0.802. The fraction of sp³-hybridized carbons (Fsp3) is 0.208. The molecule has 4 rings (SSSR count). The van der Waals surface area contributed by atoms with Gasteiger partial charge in [-0.1, -0.05) is 48.5 Å². The molecule has 0 aliphatic rings. The second kappa shape index (κ2) is 8.93. The van der Waals surface area contributed by atoms with Gasteiger partial charge in [-0.25, -0.2) is 4.98 Å². The first-order chi connectivity index (χ1) is 15.8. The molecule has 1 amide bonds. The minimum atomic E-state index is -4.75. The number of benzene rings is 3. The van der Waals surface area contributed by atoms with Gasteiger partial charge in [0.25, 0.3) is 5.91 Å². The van der Waals surface area contributed by atoms with E-state index in [9.17, 15) is 22.8 Å². The van der Waals surface area contributed by atoms with Crippen molar-refractivity contribution in [3.05, 3.63) is 72.6 Å². The molecule has 0 aliphatic carbocycles. The topological polar surface area (TPSA) is 64.4 Å². The quantitative estimate of drug-likeness (QED) is 0.392. The maximum atomic E-state index is 13.4. The molecule has 0 atom stereocenters. The Kier molecular flexibility index (Phi) is 6.04. The van der Waals surface area contributed by atoms with E-state index in [1.54, 1.807) is 25.1 Å². The molecule has 3 aromatic carbocycles. The summed E-state index contributed by atoms with van der Waals surface area (Å²) in [4.78, 5) is 30.3. The van der Waals surface area contributed by atoms with Crippen LogP contribution in [0.2, 0.25) is 0 Å². The van der Waals surface area contributed by atoms with E-state index in [-0.39, 0.29) is 11.0 Å². The molecule has 9 heteroatoms. The van der Waals surface area contributed by atoms with Crippen molar-refractivity contribution in [1.82, 2.24) is 9.55 Å². The number of halogens is 3. The standard InChI is InChI=1S/C24H20F3N3O3/c1-2-29(19-13-7-9-16-8-3-4-10-17(16)19)21(31)15-33-22(32)14-30-20-12-6-5-11-18(20)28-23(30)24(25,26)27/h3-13H,2,14-15H2,1H3. The Morgan fingerprint density at radius 2 is 1.70 bits per heavy atom. The van der Waals surface area contributed by atoms with Gasteiger partial charge in [0, 0.05) is 11.9 Å². The minimum Gasteiger partial charge on any atom is -0.454 e. The lowest BCUT2D eigenvalue weighted by Crippen LogP contribution is -2.35. The molecule has 33 heavy (non-hydrogen) atoms. The molecule has 0 unspecified atom stereocenters. The number of carbonyl (C=O) groups is 2. The van der Waals surface area contributed by atoms with Crippen LogP contribution in [-0.4, -0.2) is 34.6 Å². The van der Waals surface area contributed by atoms with Crippen molar-refractivity contribution >= 4 is 39.4 Å². The summed E-state index contributed by atoms with van der Waals surface area (Å²) in [5.41, 5.74) is 0.928. The molecule has 170 valence electrons. The summed E-state index contributed by atoms with van der Waals surface area (Å²) in [7, 11) is 0. The fourth-order valence-corrected chi connectivity index (χ4v) is 3.77. The van der Waals surface area contributed by atoms with Gasteiger partial charge in [0.05, 0.1) is 16.7 Å². The number of aromatic nitrogens is 2. The lowest BCUT2D eigenvalue weighted by Gasteiger charge is -2.22. The Hall–Kier alpha value is -3.88. The zero-order chi connectivity index (χ0) is 23.6. The smallest absolute Gasteiger partial charge is 0.449 e. The van der Waals surface area contributed by atoms with Gasteiger partial charge in [-0.15, -0.1) is 0 Å². The van der Waals surface area contributed by atoms with Gasteiger partial charge in [0.2, 0.25) is 5.82 Å². The number of anilines is 1. The third kappa shape index (κ3) is 4.52. The van der Waals surface area contributed by atoms with E-state index in [1.807, 2.05) is 36.4 Å². The van der Waals surface area contributed by atoms with Crippen LogP contribution < -0.4 is 4.90 Å². The van der Waals surface area contributed by atoms with Gasteiger partial charge in [-0.2, -0.15) is 13.2 Å². The van der Waals surface area contributed by atoms with Crippen LogP contribution in [0.25, 0.3) is 21.8 Å². The summed E-state index contributed by atoms with van der Waals surface area (Å²) in [5.74, 6) is -2.64. The molecule has 0 saturated carbocycles. The summed E-state index contributed by atoms with van der Waals surface area (Å²) >= 11 is 0. The van der Waals surface area contributed by atoms with Crippen molar-refractivity contribution < 1.29 is 27.5 Å². The van der Waals surface area contributed by atoms with E-state index in [0.717, 1.165) is 15.3 Å². The molecule has 0 fully saturated rings. The molecule has 0 N–H and O–H groups in total. The number of rotatable bonds is 6. The van der Waals surface area contributed by atoms with E-state index in [2.05, 4.69) is 4.98 Å². The number of para-hydroxylation sites is 2. The first-order valence-corrected chi connectivity index (χ1v) is 10.3. The number of likely N-dealkylation sites (N-methyl/N-ethyl adjacent to an activating group) is 1. The Balaban J connectivity index is 1.51. The van der Waals surface area contributed by atoms with Crippen LogP contribution >= 0.6 is 0 Å². The number of alkyl halides is 3. The van der Waals surface area contributed by atoms with Crippen LogP contribution in [0.3, 0.4) is 0 Å². The second-order valence-electron chi connectivity index (χ2n) is 7.30. The molecule has 0 saturated heterocycles. The van der Waals surface area contributed by atoms with Gasteiger partial charge in [0.1, 0.15) is 6.54 Å². The number of fused-ring (bicyclic) bond motifs is 2. The Morgan fingerprint density at radius 1 is 1.00 bits per heavy atom. The third-order valence-electron chi connectivity index (χ3n) is 5.23. The van der Waals surface area contributed by atoms with E-state index >= 15 is 0 Å². The van der Waals surface area contributed by atoms with E-state index in [4.69, 9.17) is 4.74 Å². The van der Waals surface area contributed by atoms with Gasteiger partial charge < -0.3 is 14.2 Å². The molecule has 1 heterocycles. The average molecular weight is 455 g/mol. The van der Waals surface area contributed by atoms with Gasteiger partial charge in [-0.3, -0.25) is 9.59 Å². The zero-order valence-corrected chi connectivity index (χ0v) is 17.7. The number of hydrogen-bond acceptors (Lipinski definition) is 4. The normalized spacial score (nSPS) is 11.6. The number of nitrogens with zero attached hydrogens (tertiary/aromatic N) is 3. The van der Waals surface area contributed by atoms with Crippen LogP contribution in [0.1, 0.15) is 12.7 Å². The van der Waals surface area contributed by atoms with Crippen LogP contribution in [0, 0.1) is 0 Å². The highest BCUT2D eigenvalue weighted by atomic mass is 19.4. The molecule has 6 nitrogen and oxygen atoms in total. The predicted molar refractivity (Wildman–Crippen MR) is 118 cm³/mol. The van der Waals surface area contributed by atoms with Crippen molar-refractivity contribution in [2.75, 3.05) is 18.1 Å². The maximum Gasteiger partial charge on any atom is 0.449 e. The monoisotopic (exact) mass is 455 g/mol. The summed E-state index contributed by atoms with van der Waals surface area (Å²) in [5, 5.41) is 1.81. The first kappa shape index (κ1) is 22.3. The average Bonchev–Trinajstić information content (AvgIpc) is 3.17. The van der Waals surface area contributed by atoms with Gasteiger partial charge in [-0.05, 0) is 30.5 Å². The lowest BCUT2D eigenvalue weighted by atomic mass is 10.1. The zero-order valence-electron chi connectivity index (χ0n) is 17.7. The Morgan fingerprint density at radius 3 is 2.45 bits per heavy atom. The SMILES string of the molecule is CCN(C(=O)COC(=O)Cn1c(C(F)(F)F)nc2ccccc21)c1cccc2ccccc12. The highest BCUT2D eigenvalue weighted by molar-refractivity contribution is 6.04. The number of ether oxygens (including phenoxy) is 1. The predicted octanol–water partition coefficient (Wildman–Crippen LogP) is 4.80. The van der Waals surface area contributed by atoms with Crippen LogP contribution in [0.15, 0.2) is 66.7 Å². The molecule has 0 spiro atoms. The summed E-state index contributed by atoms with van der Waals surface area (Å²) < 4.78 is 46.1. The minimum absolute atomic E-state index is 0.113. The number of esters is 1. The van der Waals surface area contributed by atoms with Crippen molar-refractivity contribution in [3.63, 3.8) is 0 Å². The highest BCUT2D eigenvalue weighted by Gasteiger charge is 2.38. The number of hydrogen-bond donors (Lipinski definition) is 0. The molecule has 0 bridgehead atoms. The van der Waals surface area contributed by atoms with E-state index in [1.165, 1.54) is 17.0 Å². The van der Waals surface area contributed by atoms with E-state index in [0.29, 0.717) is 12.2 Å². The van der Waals surface area contributed by atoms with Crippen LogP contribution in [0.4, 0.5) is 18.9 Å². The molecular weight excluding hydrogens is 435 g/mol. The van der Waals surface area contributed by atoms with Crippen molar-refractivity contribution in [1.29, 1.82) is 0 Å². The number of imidazole rings is 1. The molecular formula is C24H20F3N3O3. The number of carbonyl (C=O) groups excluding carboxylic acids is 2. The van der Waals surface area contributed by atoms with Crippen molar-refractivity contribution in [3.8, 4) is 0 Å². The first-order valence-electron chi connectivity index (χ1n) is 10.3. The summed E-state index contributed by atoms with van der Waals surface area (Å²) in [6, 6.07) is 19.1. The van der Waals surface area contributed by atoms with E-state index < -0.39 is 37.0 Å². The Bertz CT molecular complexity index is 1330. The molecule has 4 aromatic rings. The molecule has 0 radical (unpaired) electrons. The summed E-state index contributed by atoms with van der Waals surface area (Å²) in [6.07, 6.45) is -4.75. The van der Waals surface area contributed by atoms with Crippen molar-refractivity contribution in [2.24, 2.45) is 0 Å². The largest absolute Gasteiger partial charge is 0.454 e. The van der Waals surface area contributed by atoms with Crippen LogP contribution in [0.5, 0.6) is 0 Å².